The Hall–Kier alpha value is -2.11. The van der Waals surface area contributed by atoms with E-state index in [1.54, 1.807) is 0 Å². The van der Waals surface area contributed by atoms with E-state index in [4.69, 9.17) is 21.7 Å². The highest BCUT2D eigenvalue weighted by Crippen LogP contribution is 2.22. The van der Waals surface area contributed by atoms with Crippen molar-refractivity contribution in [3.63, 3.8) is 0 Å². The van der Waals surface area contributed by atoms with Crippen LogP contribution in [-0.4, -0.2) is 24.4 Å². The van der Waals surface area contributed by atoms with Gasteiger partial charge in [0, 0.05) is 18.8 Å². The lowest BCUT2D eigenvalue weighted by molar-refractivity contribution is 0.114. The third-order valence-corrected chi connectivity index (χ3v) is 3.85. The first-order valence-corrected chi connectivity index (χ1v) is 8.20. The van der Waals surface area contributed by atoms with Crippen molar-refractivity contribution < 1.29 is 9.47 Å². The van der Waals surface area contributed by atoms with Crippen LogP contribution in [0.4, 0.5) is 5.69 Å². The number of benzene rings is 2. The number of rotatable bonds is 5. The Balaban J connectivity index is 1.47. The summed E-state index contributed by atoms with van der Waals surface area (Å²) < 4.78 is 11.3. The van der Waals surface area contributed by atoms with E-state index in [2.05, 4.69) is 10.6 Å². The zero-order chi connectivity index (χ0) is 15.9. The molecule has 1 saturated heterocycles. The number of para-hydroxylation sites is 1. The van der Waals surface area contributed by atoms with Crippen LogP contribution in [0.2, 0.25) is 0 Å². The molecule has 3 rings (SSSR count). The zero-order valence-electron chi connectivity index (χ0n) is 12.8. The summed E-state index contributed by atoms with van der Waals surface area (Å²) in [4.78, 5) is 0. The summed E-state index contributed by atoms with van der Waals surface area (Å²) in [6.45, 7) is 1.61. The van der Waals surface area contributed by atoms with Crippen molar-refractivity contribution in [2.45, 2.75) is 18.9 Å². The van der Waals surface area contributed by atoms with Gasteiger partial charge in [-0.25, -0.2) is 0 Å². The maximum absolute atomic E-state index is 5.76. The Morgan fingerprint density at radius 2 is 1.83 bits per heavy atom. The molecular formula is C18H20N2O2S. The van der Waals surface area contributed by atoms with Crippen molar-refractivity contribution in [3.05, 3.63) is 54.6 Å². The van der Waals surface area contributed by atoms with E-state index < -0.39 is 0 Å². The van der Waals surface area contributed by atoms with Crippen LogP contribution in [0.5, 0.6) is 11.5 Å². The summed E-state index contributed by atoms with van der Waals surface area (Å²) in [6.07, 6.45) is 2.51. The Labute approximate surface area is 141 Å². The van der Waals surface area contributed by atoms with E-state index in [0.29, 0.717) is 5.11 Å². The number of anilines is 1. The lowest BCUT2D eigenvalue weighted by Gasteiger charge is -2.14. The molecule has 1 atom stereocenters. The highest BCUT2D eigenvalue weighted by molar-refractivity contribution is 7.80. The first-order chi connectivity index (χ1) is 11.3. The normalized spacial score (nSPS) is 16.8. The van der Waals surface area contributed by atoms with Crippen LogP contribution in [0.15, 0.2) is 54.6 Å². The van der Waals surface area contributed by atoms with E-state index in [-0.39, 0.29) is 6.10 Å². The summed E-state index contributed by atoms with van der Waals surface area (Å²) in [5.74, 6) is 1.61. The van der Waals surface area contributed by atoms with Crippen LogP contribution in [0, 0.1) is 0 Å². The van der Waals surface area contributed by atoms with Gasteiger partial charge in [0.05, 0.1) is 6.10 Å². The second kappa shape index (κ2) is 7.94. The molecule has 0 aromatic heterocycles. The molecule has 0 radical (unpaired) electrons. The molecule has 2 aromatic carbocycles. The minimum absolute atomic E-state index is 0.274. The van der Waals surface area contributed by atoms with Crippen LogP contribution < -0.4 is 15.4 Å². The quantitative estimate of drug-likeness (QED) is 0.814. The monoisotopic (exact) mass is 328 g/mol. The fraction of sp³-hybridized carbons (Fsp3) is 0.278. The highest BCUT2D eigenvalue weighted by atomic mass is 32.1. The number of hydrogen-bond donors (Lipinski definition) is 2. The van der Waals surface area contributed by atoms with Crippen molar-refractivity contribution in [3.8, 4) is 11.5 Å². The first-order valence-electron chi connectivity index (χ1n) is 7.79. The smallest absolute Gasteiger partial charge is 0.170 e. The molecule has 0 saturated carbocycles. The Morgan fingerprint density at radius 1 is 1.09 bits per heavy atom. The van der Waals surface area contributed by atoms with Gasteiger partial charge in [0.1, 0.15) is 11.5 Å². The van der Waals surface area contributed by atoms with E-state index in [0.717, 1.165) is 43.2 Å². The van der Waals surface area contributed by atoms with Crippen molar-refractivity contribution >= 4 is 23.0 Å². The summed E-state index contributed by atoms with van der Waals surface area (Å²) in [5, 5.41) is 6.97. The minimum atomic E-state index is 0.274. The minimum Gasteiger partial charge on any atom is -0.457 e. The zero-order valence-corrected chi connectivity index (χ0v) is 13.6. The van der Waals surface area contributed by atoms with Gasteiger partial charge in [0.25, 0.3) is 0 Å². The molecule has 1 aliphatic rings. The molecule has 0 amide bonds. The molecule has 120 valence electrons. The van der Waals surface area contributed by atoms with Crippen LogP contribution in [0.3, 0.4) is 0 Å². The second-order valence-corrected chi connectivity index (χ2v) is 5.82. The van der Waals surface area contributed by atoms with Crippen LogP contribution >= 0.6 is 12.2 Å². The number of ether oxygens (including phenoxy) is 2. The molecule has 1 aliphatic heterocycles. The topological polar surface area (TPSA) is 42.5 Å². The van der Waals surface area contributed by atoms with E-state index >= 15 is 0 Å². The molecule has 1 heterocycles. The maximum Gasteiger partial charge on any atom is 0.170 e. The maximum atomic E-state index is 5.76. The van der Waals surface area contributed by atoms with Gasteiger partial charge >= 0.3 is 0 Å². The Kier molecular flexibility index (Phi) is 5.45. The molecule has 1 fully saturated rings. The lowest BCUT2D eigenvalue weighted by Crippen LogP contribution is -2.34. The van der Waals surface area contributed by atoms with Gasteiger partial charge in [-0.2, -0.15) is 0 Å². The van der Waals surface area contributed by atoms with E-state index in [1.165, 1.54) is 0 Å². The summed E-state index contributed by atoms with van der Waals surface area (Å²) in [6, 6.07) is 17.4. The van der Waals surface area contributed by atoms with Gasteiger partial charge in [-0.3, -0.25) is 0 Å². The predicted octanol–water partition coefficient (Wildman–Crippen LogP) is 3.94. The molecule has 0 aliphatic carbocycles. The molecule has 5 heteroatoms. The number of thiocarbonyl (C=S) groups is 1. The Morgan fingerprint density at radius 3 is 2.52 bits per heavy atom. The van der Waals surface area contributed by atoms with Gasteiger partial charge < -0.3 is 20.1 Å². The number of nitrogens with one attached hydrogen (secondary N) is 2. The standard InChI is InChI=1S/C18H20N2O2S/c23-18(19-13-17-7-4-12-21-17)20-14-8-10-16(11-9-14)22-15-5-2-1-3-6-15/h1-3,5-6,8-11,17H,4,7,12-13H2,(H2,19,20,23). The SMILES string of the molecule is S=C(NCC1CCCO1)Nc1ccc(Oc2ccccc2)cc1. The molecule has 2 aromatic rings. The summed E-state index contributed by atoms with van der Waals surface area (Å²) >= 11 is 5.30. The molecule has 4 nitrogen and oxygen atoms in total. The van der Waals surface area contributed by atoms with Crippen molar-refractivity contribution in [1.29, 1.82) is 0 Å². The predicted molar refractivity (Wildman–Crippen MR) is 96.2 cm³/mol. The number of hydrogen-bond acceptors (Lipinski definition) is 3. The average Bonchev–Trinajstić information content (AvgIpc) is 3.09. The summed E-state index contributed by atoms with van der Waals surface area (Å²) in [7, 11) is 0. The van der Waals surface area contributed by atoms with Crippen molar-refractivity contribution in [2.75, 3.05) is 18.5 Å². The molecule has 0 spiro atoms. The molecule has 1 unspecified atom stereocenters. The summed E-state index contributed by atoms with van der Waals surface area (Å²) in [5.41, 5.74) is 0.926. The van der Waals surface area contributed by atoms with Crippen LogP contribution in [0.25, 0.3) is 0 Å². The fourth-order valence-corrected chi connectivity index (χ4v) is 2.62. The van der Waals surface area contributed by atoms with Gasteiger partial charge in [-0.05, 0) is 61.5 Å². The van der Waals surface area contributed by atoms with Gasteiger partial charge in [-0.1, -0.05) is 18.2 Å². The third-order valence-electron chi connectivity index (χ3n) is 3.61. The molecular weight excluding hydrogens is 308 g/mol. The van der Waals surface area contributed by atoms with Gasteiger partial charge in [-0.15, -0.1) is 0 Å². The largest absolute Gasteiger partial charge is 0.457 e. The third kappa shape index (κ3) is 4.94. The molecule has 0 bridgehead atoms. The molecule has 2 N–H and O–H groups in total. The van der Waals surface area contributed by atoms with Crippen molar-refractivity contribution in [1.82, 2.24) is 5.32 Å². The highest BCUT2D eigenvalue weighted by Gasteiger charge is 2.15. The fourth-order valence-electron chi connectivity index (χ4n) is 2.42. The van der Waals surface area contributed by atoms with E-state index in [9.17, 15) is 0 Å². The average molecular weight is 328 g/mol. The van der Waals surface area contributed by atoms with Gasteiger partial charge in [0.15, 0.2) is 5.11 Å². The van der Waals surface area contributed by atoms with Gasteiger partial charge in [0.2, 0.25) is 0 Å². The van der Waals surface area contributed by atoms with Crippen molar-refractivity contribution in [2.24, 2.45) is 0 Å². The van der Waals surface area contributed by atoms with Crippen LogP contribution in [-0.2, 0) is 4.74 Å². The van der Waals surface area contributed by atoms with Crippen LogP contribution in [0.1, 0.15) is 12.8 Å². The Bertz CT molecular complexity index is 625. The second-order valence-electron chi connectivity index (χ2n) is 5.41. The molecule has 23 heavy (non-hydrogen) atoms. The lowest BCUT2D eigenvalue weighted by atomic mass is 10.2. The van der Waals surface area contributed by atoms with E-state index in [1.807, 2.05) is 54.6 Å². The first kappa shape index (κ1) is 15.8.